The van der Waals surface area contributed by atoms with Crippen molar-refractivity contribution in [2.24, 2.45) is 0 Å². The van der Waals surface area contributed by atoms with Crippen LogP contribution in [0.15, 0.2) is 0 Å². The highest BCUT2D eigenvalue weighted by Crippen LogP contribution is 2.00. The first-order valence-electron chi connectivity index (χ1n) is 4.39. The van der Waals surface area contributed by atoms with Crippen molar-refractivity contribution in [3.63, 3.8) is 0 Å². The fourth-order valence-electron chi connectivity index (χ4n) is 1.39. The third-order valence-electron chi connectivity index (χ3n) is 2.09. The molecule has 3 heteroatoms. The molecular formula is C8H18N2O. The molecule has 1 unspecified atom stereocenters. The molecule has 0 saturated carbocycles. The molecule has 0 radical (unpaired) electrons. The van der Waals surface area contributed by atoms with E-state index in [2.05, 4.69) is 24.1 Å². The number of nitrogens with one attached hydrogen (secondary N) is 1. The minimum absolute atomic E-state index is 0.504. The van der Waals surface area contributed by atoms with Crippen molar-refractivity contribution in [3.05, 3.63) is 0 Å². The van der Waals surface area contributed by atoms with Gasteiger partial charge in [0, 0.05) is 13.1 Å². The van der Waals surface area contributed by atoms with Gasteiger partial charge in [-0.2, -0.15) is 0 Å². The van der Waals surface area contributed by atoms with Crippen molar-refractivity contribution < 1.29 is 4.74 Å². The second kappa shape index (κ2) is 4.70. The highest BCUT2D eigenvalue weighted by Gasteiger charge is 2.14. The van der Waals surface area contributed by atoms with Crippen LogP contribution in [0.4, 0.5) is 0 Å². The van der Waals surface area contributed by atoms with Gasteiger partial charge in [-0.1, -0.05) is 6.92 Å². The molecule has 1 saturated heterocycles. The monoisotopic (exact) mass is 158 g/mol. The van der Waals surface area contributed by atoms with E-state index in [1.807, 2.05) is 0 Å². The normalized spacial score (nSPS) is 23.5. The second-order valence-corrected chi connectivity index (χ2v) is 2.88. The van der Waals surface area contributed by atoms with Gasteiger partial charge in [-0.05, 0) is 13.5 Å². The second-order valence-electron chi connectivity index (χ2n) is 2.88. The van der Waals surface area contributed by atoms with Gasteiger partial charge in [0.25, 0.3) is 0 Å². The third kappa shape index (κ3) is 2.77. The van der Waals surface area contributed by atoms with Crippen LogP contribution >= 0.6 is 0 Å². The van der Waals surface area contributed by atoms with Crippen LogP contribution in [0.2, 0.25) is 0 Å². The minimum atomic E-state index is 0.504. The summed E-state index contributed by atoms with van der Waals surface area (Å²) < 4.78 is 5.26. The molecule has 3 nitrogen and oxygen atoms in total. The van der Waals surface area contributed by atoms with E-state index in [0.29, 0.717) is 6.17 Å². The molecule has 0 spiro atoms. The Hall–Kier alpha value is -0.120. The molecule has 0 aromatic rings. The summed E-state index contributed by atoms with van der Waals surface area (Å²) in [7, 11) is 0. The fraction of sp³-hybridized carbons (Fsp3) is 1.00. The molecule has 1 fully saturated rings. The van der Waals surface area contributed by atoms with Gasteiger partial charge in [0.15, 0.2) is 0 Å². The molecule has 1 heterocycles. The lowest BCUT2D eigenvalue weighted by Crippen LogP contribution is -2.48. The molecular weight excluding hydrogens is 140 g/mol. The maximum absolute atomic E-state index is 5.26. The van der Waals surface area contributed by atoms with Crippen molar-refractivity contribution in [3.8, 4) is 0 Å². The van der Waals surface area contributed by atoms with E-state index in [1.165, 1.54) is 0 Å². The first-order chi connectivity index (χ1) is 5.34. The number of morpholine rings is 1. The Bertz CT molecular complexity index is 102. The summed E-state index contributed by atoms with van der Waals surface area (Å²) in [6, 6.07) is 0. The molecule has 1 N–H and O–H groups in total. The summed E-state index contributed by atoms with van der Waals surface area (Å²) in [5.74, 6) is 0. The molecule has 0 aromatic carbocycles. The smallest absolute Gasteiger partial charge is 0.0594 e. The minimum Gasteiger partial charge on any atom is -0.379 e. The predicted octanol–water partition coefficient (Wildman–Crippen LogP) is 0.274. The Kier molecular flexibility index (Phi) is 3.83. The molecule has 0 bridgehead atoms. The highest BCUT2D eigenvalue weighted by molar-refractivity contribution is 4.67. The number of ether oxygens (including phenoxy) is 1. The molecule has 66 valence electrons. The van der Waals surface area contributed by atoms with E-state index in [1.54, 1.807) is 0 Å². The standard InChI is InChI=1S/C8H18N2O/c1-3-9-8(2)10-4-6-11-7-5-10/h8-9H,3-7H2,1-2H3. The highest BCUT2D eigenvalue weighted by atomic mass is 16.5. The van der Waals surface area contributed by atoms with Crippen molar-refractivity contribution in [1.29, 1.82) is 0 Å². The molecule has 1 atom stereocenters. The van der Waals surface area contributed by atoms with Gasteiger partial charge < -0.3 is 10.1 Å². The average molecular weight is 158 g/mol. The topological polar surface area (TPSA) is 24.5 Å². The van der Waals surface area contributed by atoms with E-state index in [9.17, 15) is 0 Å². The first-order valence-corrected chi connectivity index (χ1v) is 4.39. The zero-order valence-electron chi connectivity index (χ0n) is 7.47. The van der Waals surface area contributed by atoms with Gasteiger partial charge in [0.2, 0.25) is 0 Å². The summed E-state index contributed by atoms with van der Waals surface area (Å²) in [5.41, 5.74) is 0. The summed E-state index contributed by atoms with van der Waals surface area (Å²) in [6.07, 6.45) is 0.504. The molecule has 1 aliphatic heterocycles. The Morgan fingerprint density at radius 1 is 1.45 bits per heavy atom. The average Bonchev–Trinajstić information content (AvgIpc) is 2.07. The maximum Gasteiger partial charge on any atom is 0.0594 e. The SMILES string of the molecule is CCNC(C)N1CCOCC1. The van der Waals surface area contributed by atoms with Crippen LogP contribution in [0.3, 0.4) is 0 Å². The van der Waals surface area contributed by atoms with E-state index in [4.69, 9.17) is 4.74 Å². The first kappa shape index (κ1) is 8.97. The van der Waals surface area contributed by atoms with Crippen LogP contribution < -0.4 is 5.32 Å². The summed E-state index contributed by atoms with van der Waals surface area (Å²) in [5, 5.41) is 3.39. The Labute approximate surface area is 68.7 Å². The van der Waals surface area contributed by atoms with E-state index >= 15 is 0 Å². The largest absolute Gasteiger partial charge is 0.379 e. The fourth-order valence-corrected chi connectivity index (χ4v) is 1.39. The molecule has 0 amide bonds. The van der Waals surface area contributed by atoms with Crippen molar-refractivity contribution in [2.45, 2.75) is 20.0 Å². The van der Waals surface area contributed by atoms with Crippen molar-refractivity contribution in [1.82, 2.24) is 10.2 Å². The lowest BCUT2D eigenvalue weighted by atomic mass is 10.3. The van der Waals surface area contributed by atoms with E-state index in [0.717, 1.165) is 32.8 Å². The molecule has 1 aliphatic rings. The van der Waals surface area contributed by atoms with Crippen LogP contribution in [-0.4, -0.2) is 43.9 Å². The lowest BCUT2D eigenvalue weighted by molar-refractivity contribution is 0.0136. The van der Waals surface area contributed by atoms with Gasteiger partial charge in [0.05, 0.1) is 19.4 Å². The van der Waals surface area contributed by atoms with E-state index in [-0.39, 0.29) is 0 Å². The number of rotatable bonds is 3. The summed E-state index contributed by atoms with van der Waals surface area (Å²) in [6.45, 7) is 9.28. The summed E-state index contributed by atoms with van der Waals surface area (Å²) >= 11 is 0. The number of nitrogens with zero attached hydrogens (tertiary/aromatic N) is 1. The van der Waals surface area contributed by atoms with Gasteiger partial charge in [-0.15, -0.1) is 0 Å². The lowest BCUT2D eigenvalue weighted by Gasteiger charge is -2.32. The van der Waals surface area contributed by atoms with Crippen LogP contribution in [0.5, 0.6) is 0 Å². The van der Waals surface area contributed by atoms with Gasteiger partial charge >= 0.3 is 0 Å². The zero-order valence-corrected chi connectivity index (χ0v) is 7.47. The number of hydrogen-bond acceptors (Lipinski definition) is 3. The van der Waals surface area contributed by atoms with E-state index < -0.39 is 0 Å². The molecule has 0 aromatic heterocycles. The number of hydrogen-bond donors (Lipinski definition) is 1. The van der Waals surface area contributed by atoms with Crippen LogP contribution in [-0.2, 0) is 4.74 Å². The quantitative estimate of drug-likeness (QED) is 0.638. The zero-order chi connectivity index (χ0) is 8.10. The predicted molar refractivity (Wildman–Crippen MR) is 45.5 cm³/mol. The van der Waals surface area contributed by atoms with Gasteiger partial charge in [0.1, 0.15) is 0 Å². The van der Waals surface area contributed by atoms with Gasteiger partial charge in [-0.3, -0.25) is 4.90 Å². The van der Waals surface area contributed by atoms with Crippen LogP contribution in [0, 0.1) is 0 Å². The Morgan fingerprint density at radius 2 is 2.09 bits per heavy atom. The van der Waals surface area contributed by atoms with Crippen LogP contribution in [0.1, 0.15) is 13.8 Å². The van der Waals surface area contributed by atoms with Crippen LogP contribution in [0.25, 0.3) is 0 Å². The molecule has 11 heavy (non-hydrogen) atoms. The summed E-state index contributed by atoms with van der Waals surface area (Å²) in [4.78, 5) is 2.41. The maximum atomic E-state index is 5.26. The molecule has 0 aliphatic carbocycles. The van der Waals surface area contributed by atoms with Gasteiger partial charge in [-0.25, -0.2) is 0 Å². The molecule has 1 rings (SSSR count). The van der Waals surface area contributed by atoms with Crippen molar-refractivity contribution in [2.75, 3.05) is 32.8 Å². The Balaban J connectivity index is 2.21. The Morgan fingerprint density at radius 3 is 2.64 bits per heavy atom. The third-order valence-corrected chi connectivity index (χ3v) is 2.09. The van der Waals surface area contributed by atoms with Crippen molar-refractivity contribution >= 4 is 0 Å².